The van der Waals surface area contributed by atoms with Gasteiger partial charge in [0, 0.05) is 17.1 Å². The highest BCUT2D eigenvalue weighted by molar-refractivity contribution is 7.99. The molecule has 0 bridgehead atoms. The first-order valence-corrected chi connectivity index (χ1v) is 13.5. The summed E-state index contributed by atoms with van der Waals surface area (Å²) in [4.78, 5) is 16.0. The van der Waals surface area contributed by atoms with Gasteiger partial charge in [-0.05, 0) is 54.5 Å². The molecule has 1 aliphatic heterocycles. The second-order valence-electron chi connectivity index (χ2n) is 7.80. The molecule has 168 valence electrons. The van der Waals surface area contributed by atoms with Gasteiger partial charge in [0.15, 0.2) is 0 Å². The number of hydrogen-bond donors (Lipinski definition) is 1. The molecule has 0 spiro atoms. The fraction of sp³-hybridized carbons (Fsp3) is 0.435. The molecular weight excluding hydrogens is 435 g/mol. The van der Waals surface area contributed by atoms with Crippen LogP contribution in [-0.2, 0) is 16.4 Å². The molecule has 1 N–H and O–H groups in total. The summed E-state index contributed by atoms with van der Waals surface area (Å²) in [5.74, 6) is -0.114. The predicted octanol–water partition coefficient (Wildman–Crippen LogP) is 5.46. The van der Waals surface area contributed by atoms with E-state index in [4.69, 9.17) is 0 Å². The van der Waals surface area contributed by atoms with E-state index in [2.05, 4.69) is 17.7 Å². The van der Waals surface area contributed by atoms with E-state index in [0.717, 1.165) is 35.7 Å². The first-order chi connectivity index (χ1) is 14.8. The summed E-state index contributed by atoms with van der Waals surface area (Å²) in [6.07, 6.45) is 7.93. The summed E-state index contributed by atoms with van der Waals surface area (Å²) < 4.78 is 39.7. The van der Waals surface area contributed by atoms with Gasteiger partial charge in [0.2, 0.25) is 10.0 Å². The summed E-state index contributed by atoms with van der Waals surface area (Å²) in [6, 6.07) is 10.1. The van der Waals surface area contributed by atoms with E-state index in [9.17, 15) is 17.6 Å². The van der Waals surface area contributed by atoms with Crippen LogP contribution in [0.15, 0.2) is 41.3 Å². The fourth-order valence-electron chi connectivity index (χ4n) is 3.71. The van der Waals surface area contributed by atoms with Gasteiger partial charge >= 0.3 is 0 Å². The lowest BCUT2D eigenvalue weighted by Gasteiger charge is -2.20. The zero-order valence-corrected chi connectivity index (χ0v) is 19.6. The van der Waals surface area contributed by atoms with Crippen molar-refractivity contribution in [3.8, 4) is 0 Å². The third-order valence-corrected chi connectivity index (χ3v) is 6.89. The molecule has 0 atom stereocenters. The lowest BCUT2D eigenvalue weighted by molar-refractivity contribution is 0.0990. The van der Waals surface area contributed by atoms with Crippen molar-refractivity contribution in [2.45, 2.75) is 50.3 Å². The number of thioether (sulfide) groups is 1. The number of nitrogens with one attached hydrogen (secondary N) is 1. The number of carbonyl (C=O) groups excluding carboxylic acids is 1. The third-order valence-electron chi connectivity index (χ3n) is 5.24. The number of hydrogen-bond acceptors (Lipinski definition) is 4. The van der Waals surface area contributed by atoms with Crippen LogP contribution >= 0.6 is 11.8 Å². The van der Waals surface area contributed by atoms with E-state index in [1.807, 2.05) is 23.9 Å². The van der Waals surface area contributed by atoms with Crippen LogP contribution < -0.4 is 9.62 Å². The molecule has 0 saturated carbocycles. The van der Waals surface area contributed by atoms with Crippen LogP contribution in [0.25, 0.3) is 0 Å². The van der Waals surface area contributed by atoms with Gasteiger partial charge in [-0.3, -0.25) is 9.52 Å². The summed E-state index contributed by atoms with van der Waals surface area (Å²) in [7, 11) is -3.73. The molecule has 1 heterocycles. The van der Waals surface area contributed by atoms with Crippen LogP contribution in [0, 0.1) is 5.82 Å². The minimum atomic E-state index is -3.73. The minimum Gasteiger partial charge on any atom is -0.308 e. The number of unbranched alkanes of at least 4 members (excludes halogenated alkanes) is 4. The van der Waals surface area contributed by atoms with Crippen LogP contribution in [0.1, 0.15) is 54.9 Å². The summed E-state index contributed by atoms with van der Waals surface area (Å²) in [5.41, 5.74) is 1.58. The number of rotatable bonds is 10. The fourth-order valence-corrected chi connectivity index (χ4v) is 5.26. The number of sulfonamides is 1. The third kappa shape index (κ3) is 6.23. The number of nitrogens with zero attached hydrogens (tertiary/aromatic N) is 1. The standard InChI is InChI=1S/C23H29FN2O3S2/c1-3-4-5-6-7-15-30-18-11-12-21-17(16-18)13-14-26(21)23(27)19-9-8-10-20(24)22(19)25-31(2,28)29/h8-12,16,25H,3-7,13-15H2,1-2H3. The predicted molar refractivity (Wildman–Crippen MR) is 126 cm³/mol. The summed E-state index contributed by atoms with van der Waals surface area (Å²) >= 11 is 1.83. The van der Waals surface area contributed by atoms with E-state index < -0.39 is 21.7 Å². The van der Waals surface area contributed by atoms with Crippen LogP contribution in [0.5, 0.6) is 0 Å². The first kappa shape index (κ1) is 23.6. The van der Waals surface area contributed by atoms with Crippen molar-refractivity contribution < 1.29 is 17.6 Å². The van der Waals surface area contributed by atoms with Gasteiger partial charge in [-0.2, -0.15) is 0 Å². The molecule has 5 nitrogen and oxygen atoms in total. The van der Waals surface area contributed by atoms with Crippen molar-refractivity contribution >= 4 is 39.1 Å². The number of carbonyl (C=O) groups is 1. The highest BCUT2D eigenvalue weighted by atomic mass is 32.2. The van der Waals surface area contributed by atoms with Crippen molar-refractivity contribution in [3.63, 3.8) is 0 Å². The van der Waals surface area contributed by atoms with Gasteiger partial charge in [-0.15, -0.1) is 11.8 Å². The molecular formula is C23H29FN2O3S2. The van der Waals surface area contributed by atoms with Crippen molar-refractivity contribution in [2.75, 3.05) is 28.2 Å². The molecule has 0 radical (unpaired) electrons. The van der Waals surface area contributed by atoms with Crippen molar-refractivity contribution in [3.05, 3.63) is 53.3 Å². The molecule has 0 fully saturated rings. The molecule has 8 heteroatoms. The topological polar surface area (TPSA) is 66.5 Å². The van der Waals surface area contributed by atoms with Gasteiger partial charge in [0.25, 0.3) is 5.91 Å². The lowest BCUT2D eigenvalue weighted by atomic mass is 10.1. The maximum absolute atomic E-state index is 14.3. The maximum Gasteiger partial charge on any atom is 0.260 e. The minimum absolute atomic E-state index is 0.00352. The second-order valence-corrected chi connectivity index (χ2v) is 10.7. The Morgan fingerprint density at radius 1 is 1.16 bits per heavy atom. The van der Waals surface area contributed by atoms with Crippen molar-refractivity contribution in [1.82, 2.24) is 0 Å². The number of benzene rings is 2. The van der Waals surface area contributed by atoms with Gasteiger partial charge in [0.1, 0.15) is 5.82 Å². The number of fused-ring (bicyclic) bond motifs is 1. The Morgan fingerprint density at radius 2 is 1.94 bits per heavy atom. The zero-order valence-electron chi connectivity index (χ0n) is 18.0. The number of amides is 1. The maximum atomic E-state index is 14.3. The molecule has 31 heavy (non-hydrogen) atoms. The number of para-hydroxylation sites is 1. The van der Waals surface area contributed by atoms with E-state index in [0.29, 0.717) is 6.54 Å². The van der Waals surface area contributed by atoms with E-state index in [1.54, 1.807) is 4.90 Å². The van der Waals surface area contributed by atoms with E-state index >= 15 is 0 Å². The van der Waals surface area contributed by atoms with Crippen molar-refractivity contribution in [2.24, 2.45) is 0 Å². The van der Waals surface area contributed by atoms with Crippen molar-refractivity contribution in [1.29, 1.82) is 0 Å². The zero-order chi connectivity index (χ0) is 22.4. The summed E-state index contributed by atoms with van der Waals surface area (Å²) in [5, 5.41) is 0. The molecule has 2 aromatic rings. The van der Waals surface area contributed by atoms with E-state index in [1.165, 1.54) is 49.1 Å². The van der Waals surface area contributed by atoms with Crippen LogP contribution in [0.4, 0.5) is 15.8 Å². The normalized spacial score (nSPS) is 13.3. The number of halogens is 1. The highest BCUT2D eigenvalue weighted by Crippen LogP contribution is 2.34. The molecule has 0 aromatic heterocycles. The monoisotopic (exact) mass is 464 g/mol. The van der Waals surface area contributed by atoms with E-state index in [-0.39, 0.29) is 11.3 Å². The number of anilines is 2. The molecule has 2 aromatic carbocycles. The molecule has 3 rings (SSSR count). The van der Waals surface area contributed by atoms with Gasteiger partial charge in [-0.1, -0.05) is 38.7 Å². The molecule has 0 aliphatic carbocycles. The Morgan fingerprint density at radius 3 is 2.68 bits per heavy atom. The SMILES string of the molecule is CCCCCCCSc1ccc2c(c1)CCN2C(=O)c1cccc(F)c1NS(C)(=O)=O. The smallest absolute Gasteiger partial charge is 0.260 e. The molecule has 0 unspecified atom stereocenters. The first-order valence-electron chi connectivity index (χ1n) is 10.6. The van der Waals surface area contributed by atoms with Crippen LogP contribution in [0.2, 0.25) is 0 Å². The van der Waals surface area contributed by atoms with Crippen LogP contribution in [0.3, 0.4) is 0 Å². The average molecular weight is 465 g/mol. The highest BCUT2D eigenvalue weighted by Gasteiger charge is 2.28. The Balaban J connectivity index is 1.72. The van der Waals surface area contributed by atoms with Gasteiger partial charge in [0.05, 0.1) is 17.5 Å². The van der Waals surface area contributed by atoms with Gasteiger partial charge < -0.3 is 4.90 Å². The molecule has 1 aliphatic rings. The Kier molecular flexibility index (Phi) is 8.00. The summed E-state index contributed by atoms with van der Waals surface area (Å²) in [6.45, 7) is 2.69. The molecule has 0 saturated heterocycles. The lowest BCUT2D eigenvalue weighted by Crippen LogP contribution is -2.30. The van der Waals surface area contributed by atoms with Crippen LogP contribution in [-0.4, -0.2) is 32.9 Å². The Hall–Kier alpha value is -2.06. The quantitative estimate of drug-likeness (QED) is 0.374. The largest absolute Gasteiger partial charge is 0.308 e. The average Bonchev–Trinajstić information content (AvgIpc) is 3.14. The Labute approximate surface area is 188 Å². The van der Waals surface area contributed by atoms with Gasteiger partial charge in [-0.25, -0.2) is 12.8 Å². The Bertz CT molecular complexity index is 1040. The molecule has 1 amide bonds. The second kappa shape index (κ2) is 10.5.